The molecule has 0 bridgehead atoms. The number of hydrogen-bond donors (Lipinski definition) is 2. The van der Waals surface area contributed by atoms with Gasteiger partial charge in [0.15, 0.2) is 16.9 Å². The van der Waals surface area contributed by atoms with Crippen molar-refractivity contribution in [2.24, 2.45) is 5.16 Å². The van der Waals surface area contributed by atoms with Gasteiger partial charge < -0.3 is 20.2 Å². The highest BCUT2D eigenvalue weighted by molar-refractivity contribution is 8.00. The molecule has 6 aromatic rings. The lowest BCUT2D eigenvalue weighted by Crippen LogP contribution is -2.71. The molecule has 0 radical (unpaired) electrons. The van der Waals surface area contributed by atoms with Gasteiger partial charge in [0.1, 0.15) is 29.9 Å². The van der Waals surface area contributed by atoms with E-state index >= 15 is 4.79 Å². The minimum absolute atomic E-state index is 0.119. The van der Waals surface area contributed by atoms with E-state index in [0.29, 0.717) is 17.7 Å². The summed E-state index contributed by atoms with van der Waals surface area (Å²) >= 11 is 2.54. The molecule has 300 valence electrons. The quantitative estimate of drug-likeness (QED) is 0.0348. The second-order valence-electron chi connectivity index (χ2n) is 13.6. The van der Waals surface area contributed by atoms with Crippen molar-refractivity contribution >= 4 is 86.7 Å². The number of thioether (sulfide) groups is 1. The zero-order valence-corrected chi connectivity index (χ0v) is 34.7. The number of fused-ring (bicyclic) bond motifs is 1. The first-order chi connectivity index (χ1) is 29.4. The van der Waals surface area contributed by atoms with Gasteiger partial charge in [-0.1, -0.05) is 157 Å². The summed E-state index contributed by atoms with van der Waals surface area (Å²) in [5.74, 6) is 0.652. The number of oxime groups is 1. The molecule has 1 aromatic heterocycles. The molecular formula is C46H38N5O6PS2. The maximum atomic E-state index is 15.1. The molecule has 60 heavy (non-hydrogen) atoms. The number of amides is 3. The number of esters is 1. The second kappa shape index (κ2) is 18.2. The van der Waals surface area contributed by atoms with Gasteiger partial charge >= 0.3 is 5.97 Å². The topological polar surface area (TPSA) is 139 Å². The number of anilines is 1. The first-order valence-corrected chi connectivity index (χ1v) is 22.7. The van der Waals surface area contributed by atoms with E-state index in [-0.39, 0.29) is 22.2 Å². The third-order valence-electron chi connectivity index (χ3n) is 10.1. The number of aromatic nitrogens is 1. The summed E-state index contributed by atoms with van der Waals surface area (Å²) in [6.45, 7) is -2.66. The average Bonchev–Trinajstić information content (AvgIpc) is 3.77. The molecule has 5 aromatic carbocycles. The third kappa shape index (κ3) is 7.94. The van der Waals surface area contributed by atoms with Crippen LogP contribution in [-0.2, 0) is 28.8 Å². The summed E-state index contributed by atoms with van der Waals surface area (Å²) < 4.78 is 6.52. The number of ether oxygens (including phenoxy) is 1. The van der Waals surface area contributed by atoms with Gasteiger partial charge in [0.25, 0.3) is 11.8 Å². The molecular weight excluding hydrogens is 814 g/mol. The molecule has 1 unspecified atom stereocenters. The second-order valence-corrected chi connectivity index (χ2v) is 18.8. The van der Waals surface area contributed by atoms with E-state index < -0.39 is 42.2 Å². The van der Waals surface area contributed by atoms with Crippen LogP contribution < -0.4 is 26.5 Å². The zero-order chi connectivity index (χ0) is 41.5. The molecule has 1 saturated heterocycles. The van der Waals surface area contributed by atoms with Crippen LogP contribution >= 0.6 is 30.0 Å². The number of benzene rings is 5. The Balaban J connectivity index is 1.26. The number of β-lactam (4-membered cyclic amide) rings is 1. The molecule has 11 nitrogen and oxygen atoms in total. The van der Waals surface area contributed by atoms with Crippen molar-refractivity contribution in [3.63, 3.8) is 0 Å². The van der Waals surface area contributed by atoms with Crippen LogP contribution in [0.3, 0.4) is 0 Å². The Morgan fingerprint density at radius 1 is 0.817 bits per heavy atom. The molecule has 3 heterocycles. The lowest BCUT2D eigenvalue weighted by molar-refractivity contribution is -0.154. The van der Waals surface area contributed by atoms with Gasteiger partial charge in [-0.25, -0.2) is 9.78 Å². The fraction of sp³-hybridized carbons (Fsp3) is 0.109. The van der Waals surface area contributed by atoms with Crippen molar-refractivity contribution < 1.29 is 28.8 Å². The average molecular weight is 852 g/mol. The molecule has 2 aliphatic heterocycles. The lowest BCUT2D eigenvalue weighted by atomic mass is 10.0. The van der Waals surface area contributed by atoms with Crippen LogP contribution in [0, 0.1) is 0 Å². The Bertz CT molecular complexity index is 2480. The highest BCUT2D eigenvalue weighted by Gasteiger charge is 2.55. The summed E-state index contributed by atoms with van der Waals surface area (Å²) in [5.41, 5.74) is 2.27. The van der Waals surface area contributed by atoms with Gasteiger partial charge in [0.05, 0.1) is 0 Å². The van der Waals surface area contributed by atoms with Crippen molar-refractivity contribution in [3.8, 4) is 0 Å². The smallest absolute Gasteiger partial charge is 0.356 e. The molecule has 2 atom stereocenters. The number of rotatable bonds is 14. The number of carbonyl (C=O) groups excluding carboxylic acids is 4. The molecule has 8 rings (SSSR count). The fourth-order valence-electron chi connectivity index (χ4n) is 7.38. The van der Waals surface area contributed by atoms with Crippen molar-refractivity contribution in [2.75, 3.05) is 18.2 Å². The van der Waals surface area contributed by atoms with Gasteiger partial charge in [-0.3, -0.25) is 19.3 Å². The van der Waals surface area contributed by atoms with Crippen molar-refractivity contribution in [1.29, 1.82) is 0 Å². The fourth-order valence-corrected chi connectivity index (χ4v) is 13.4. The Hall–Kier alpha value is -6.53. The highest BCUT2D eigenvalue weighted by atomic mass is 32.2. The summed E-state index contributed by atoms with van der Waals surface area (Å²) in [7, 11) is 1.29. The van der Waals surface area contributed by atoms with Gasteiger partial charge in [-0.2, -0.15) is 0 Å². The Kier molecular flexibility index (Phi) is 12.2. The van der Waals surface area contributed by atoms with E-state index in [4.69, 9.17) is 9.57 Å². The number of nitrogens with one attached hydrogen (secondary N) is 2. The largest absolute Gasteiger partial charge is 0.448 e. The van der Waals surface area contributed by atoms with E-state index in [1.807, 2.05) is 115 Å². The predicted molar refractivity (Wildman–Crippen MR) is 239 cm³/mol. The zero-order valence-electron chi connectivity index (χ0n) is 32.2. The molecule has 3 amide bonds. The minimum atomic E-state index is -2.66. The van der Waals surface area contributed by atoms with E-state index in [0.717, 1.165) is 38.4 Å². The maximum absolute atomic E-state index is 15.1. The first-order valence-electron chi connectivity index (χ1n) is 18.9. The Morgan fingerprint density at radius 3 is 1.83 bits per heavy atom. The Labute approximate surface area is 355 Å². The van der Waals surface area contributed by atoms with Crippen LogP contribution in [0.15, 0.2) is 173 Å². The van der Waals surface area contributed by atoms with Crippen LogP contribution in [0.4, 0.5) is 5.13 Å². The van der Waals surface area contributed by atoms with Gasteiger partial charge in [-0.15, -0.1) is 23.1 Å². The number of carbonyl (C=O) groups is 4. The molecule has 2 N–H and O–H groups in total. The molecule has 14 heteroatoms. The van der Waals surface area contributed by atoms with Crippen molar-refractivity contribution in [3.05, 3.63) is 185 Å². The number of nitrogens with zero attached hydrogens (tertiary/aromatic N) is 3. The van der Waals surface area contributed by atoms with E-state index in [9.17, 15) is 14.4 Å². The lowest BCUT2D eigenvalue weighted by Gasteiger charge is -2.49. The maximum Gasteiger partial charge on any atom is 0.356 e. The first kappa shape index (κ1) is 40.3. The van der Waals surface area contributed by atoms with Crippen LogP contribution in [0.5, 0.6) is 0 Å². The Morgan fingerprint density at radius 2 is 1.33 bits per heavy atom. The third-order valence-corrected chi connectivity index (χ3v) is 16.2. The number of hydrogen-bond acceptors (Lipinski definition) is 10. The normalized spacial score (nSPS) is 16.3. The minimum Gasteiger partial charge on any atom is -0.448 e. The van der Waals surface area contributed by atoms with Crippen molar-refractivity contribution in [2.45, 2.75) is 17.5 Å². The van der Waals surface area contributed by atoms with E-state index in [2.05, 4.69) is 63.0 Å². The van der Waals surface area contributed by atoms with E-state index in [1.165, 1.54) is 23.8 Å². The predicted octanol–water partition coefficient (Wildman–Crippen LogP) is 5.85. The van der Waals surface area contributed by atoms with Crippen LogP contribution in [0.2, 0.25) is 0 Å². The van der Waals surface area contributed by atoms with Crippen LogP contribution in [0.1, 0.15) is 22.9 Å². The molecule has 0 aliphatic carbocycles. The summed E-state index contributed by atoms with van der Waals surface area (Å²) in [5, 5.41) is 13.5. The van der Waals surface area contributed by atoms with Gasteiger partial charge in [0, 0.05) is 11.1 Å². The van der Waals surface area contributed by atoms with Crippen LogP contribution in [-0.4, -0.2) is 69.9 Å². The molecule has 1 fully saturated rings. The van der Waals surface area contributed by atoms with Crippen LogP contribution in [0.25, 0.3) is 0 Å². The number of thiazole rings is 1. The summed E-state index contributed by atoms with van der Waals surface area (Å²) in [6, 6.07) is 48.7. The van der Waals surface area contributed by atoms with Gasteiger partial charge in [0.2, 0.25) is 6.41 Å². The SMILES string of the molecule is CON=C(C(=O)NC1C(=O)N2C(C(=O)OC(c3ccccc3)c3ccccc3)=C(C=P(c3ccccc3)(c3ccccc3)c3ccccc3)CS[C@@H]12)c1csc(NC=O)n1. The standard InChI is InChI=1S/C46H38N5O6PS2/c1-56-50-38(37-29-60-46(48-37)47-30-52)42(53)49-39-43(54)51-40(45(55)57-41(31-17-7-2-8-18-31)32-19-9-3-10-20-32)33(28-59-44(39)51)27-58(34-21-11-4-12-22-34,35-23-13-5-14-24-35)36-25-15-6-16-26-36/h2-27,29-30,39,41,44H,28H2,1H3,(H,49,53)(H,47,48,52)/t39?,44-/m0/s1. The highest BCUT2D eigenvalue weighted by Crippen LogP contribution is 2.48. The van der Waals surface area contributed by atoms with Crippen molar-refractivity contribution in [1.82, 2.24) is 15.2 Å². The molecule has 0 spiro atoms. The summed E-state index contributed by atoms with van der Waals surface area (Å²) in [6.07, 6.45) is -0.303. The monoisotopic (exact) mass is 851 g/mol. The van der Waals surface area contributed by atoms with E-state index in [1.54, 1.807) is 5.38 Å². The molecule has 0 saturated carbocycles. The van der Waals surface area contributed by atoms with Gasteiger partial charge in [-0.05, 0) is 45.3 Å². The molecule has 2 aliphatic rings. The summed E-state index contributed by atoms with van der Waals surface area (Å²) in [4.78, 5) is 65.1.